The number of nitrogens with zero attached hydrogens (tertiary/aromatic N) is 3. The summed E-state index contributed by atoms with van der Waals surface area (Å²) in [6.45, 7) is 6.19. The number of benzene rings is 1. The number of nitrogens with one attached hydrogen (secondary N) is 2. The zero-order valence-corrected chi connectivity index (χ0v) is 16.5. The minimum absolute atomic E-state index is 0.414. The first-order valence-electron chi connectivity index (χ1n) is 9.07. The van der Waals surface area contributed by atoms with Gasteiger partial charge in [-0.1, -0.05) is 23.7 Å². The van der Waals surface area contributed by atoms with Gasteiger partial charge in [-0.05, 0) is 36.5 Å². The number of halogens is 1. The summed E-state index contributed by atoms with van der Waals surface area (Å²) in [4.78, 5) is 7.59. The number of aromatic nitrogens is 3. The Bertz CT molecular complexity index is 933. The summed E-state index contributed by atoms with van der Waals surface area (Å²) >= 11 is 11.3. The number of hydrogen-bond donors (Lipinski definition) is 2. The fourth-order valence-electron chi connectivity index (χ4n) is 3.41. The summed E-state index contributed by atoms with van der Waals surface area (Å²) in [5.41, 5.74) is 2.17. The fraction of sp³-hybridized carbons (Fsp3) is 0.316. The van der Waals surface area contributed by atoms with Gasteiger partial charge in [0.15, 0.2) is 6.67 Å². The van der Waals surface area contributed by atoms with E-state index in [-0.39, 0.29) is 0 Å². The minimum Gasteiger partial charge on any atom is -0.409 e. The van der Waals surface area contributed by atoms with E-state index in [0.717, 1.165) is 50.0 Å². The van der Waals surface area contributed by atoms with Crippen LogP contribution in [0.4, 0.5) is 0 Å². The molecule has 1 saturated heterocycles. The Morgan fingerprint density at radius 1 is 1.07 bits per heavy atom. The normalized spacial score (nSPS) is 19.9. The first-order valence-corrected chi connectivity index (χ1v) is 9.86. The molecular formula is C19H22ClN5OS+2. The molecular weight excluding hydrogens is 382 g/mol. The second-order valence-corrected chi connectivity index (χ2v) is 7.66. The summed E-state index contributed by atoms with van der Waals surface area (Å²) in [5.74, 6) is 0.527. The molecule has 0 unspecified atom stereocenters. The fourth-order valence-corrected chi connectivity index (χ4v) is 3.72. The maximum atomic E-state index is 5.97. The van der Waals surface area contributed by atoms with E-state index in [1.54, 1.807) is 22.0 Å². The van der Waals surface area contributed by atoms with Crippen molar-refractivity contribution in [2.24, 2.45) is 0 Å². The average molecular weight is 404 g/mol. The minimum atomic E-state index is 0.414. The molecule has 0 spiro atoms. The van der Waals surface area contributed by atoms with Crippen molar-refractivity contribution in [2.45, 2.75) is 13.2 Å². The summed E-state index contributed by atoms with van der Waals surface area (Å²) in [6, 6.07) is 11.9. The molecule has 1 aliphatic heterocycles. The van der Waals surface area contributed by atoms with Gasteiger partial charge in [-0.25, -0.2) is 0 Å². The van der Waals surface area contributed by atoms with E-state index < -0.39 is 0 Å². The van der Waals surface area contributed by atoms with Crippen LogP contribution in [0.3, 0.4) is 0 Å². The SMILES string of the molecule is S=c1oc(-c2cccnc2)nn1C[NH+]1CC[NH+](Cc2ccc(Cl)cc2)CC1. The summed E-state index contributed by atoms with van der Waals surface area (Å²) in [7, 11) is 0. The second kappa shape index (κ2) is 8.31. The lowest BCUT2D eigenvalue weighted by Crippen LogP contribution is -3.27. The quantitative estimate of drug-likeness (QED) is 0.620. The Kier molecular flexibility index (Phi) is 5.63. The lowest BCUT2D eigenvalue weighted by Gasteiger charge is -2.29. The molecule has 0 atom stereocenters. The van der Waals surface area contributed by atoms with Crippen LogP contribution in [-0.4, -0.2) is 40.9 Å². The number of hydrogen-bond acceptors (Lipinski definition) is 4. The van der Waals surface area contributed by atoms with Gasteiger partial charge in [-0.2, -0.15) is 4.68 Å². The molecule has 27 heavy (non-hydrogen) atoms. The third kappa shape index (κ3) is 4.62. The molecule has 1 aliphatic rings. The highest BCUT2D eigenvalue weighted by Gasteiger charge is 2.24. The Labute approximate surface area is 168 Å². The Morgan fingerprint density at radius 3 is 2.52 bits per heavy atom. The Hall–Kier alpha value is -2.06. The maximum Gasteiger partial charge on any atom is 0.292 e. The van der Waals surface area contributed by atoms with Crippen LogP contribution in [0.1, 0.15) is 5.56 Å². The Balaban J connectivity index is 1.33. The van der Waals surface area contributed by atoms with E-state index in [9.17, 15) is 0 Å². The summed E-state index contributed by atoms with van der Waals surface area (Å²) in [6.07, 6.45) is 3.46. The third-order valence-electron chi connectivity index (χ3n) is 4.92. The highest BCUT2D eigenvalue weighted by Crippen LogP contribution is 2.15. The Morgan fingerprint density at radius 2 is 1.81 bits per heavy atom. The van der Waals surface area contributed by atoms with Crippen molar-refractivity contribution in [3.63, 3.8) is 0 Å². The first kappa shape index (κ1) is 18.3. The standard InChI is InChI=1S/C19H20ClN5OS/c20-17-5-3-15(4-6-17)13-23-8-10-24(11-9-23)14-25-19(27)26-18(22-25)16-2-1-7-21-12-16/h1-7,12H,8-11,13-14H2/p+2. The molecule has 1 aromatic carbocycles. The lowest BCUT2D eigenvalue weighted by molar-refractivity contribution is -1.03. The van der Waals surface area contributed by atoms with E-state index in [0.29, 0.717) is 10.7 Å². The summed E-state index contributed by atoms with van der Waals surface area (Å²) < 4.78 is 7.44. The lowest BCUT2D eigenvalue weighted by atomic mass is 10.2. The highest BCUT2D eigenvalue weighted by atomic mass is 35.5. The van der Waals surface area contributed by atoms with Gasteiger partial charge in [0.2, 0.25) is 5.89 Å². The van der Waals surface area contributed by atoms with Gasteiger partial charge in [0.05, 0.1) is 5.56 Å². The highest BCUT2D eigenvalue weighted by molar-refractivity contribution is 7.71. The van der Waals surface area contributed by atoms with Crippen LogP contribution in [0.2, 0.25) is 5.02 Å². The maximum absolute atomic E-state index is 5.97. The van der Waals surface area contributed by atoms with Crippen molar-refractivity contribution in [2.75, 3.05) is 26.2 Å². The monoisotopic (exact) mass is 403 g/mol. The van der Waals surface area contributed by atoms with Crippen LogP contribution in [0.5, 0.6) is 0 Å². The van der Waals surface area contributed by atoms with Crippen LogP contribution in [-0.2, 0) is 13.2 Å². The first-order chi connectivity index (χ1) is 13.2. The molecule has 2 N–H and O–H groups in total. The molecule has 6 nitrogen and oxygen atoms in total. The molecule has 3 heterocycles. The largest absolute Gasteiger partial charge is 0.409 e. The topological polar surface area (TPSA) is 52.7 Å². The van der Waals surface area contributed by atoms with E-state index in [1.165, 1.54) is 10.5 Å². The average Bonchev–Trinajstić information content (AvgIpc) is 3.06. The smallest absolute Gasteiger partial charge is 0.292 e. The van der Waals surface area contributed by atoms with E-state index >= 15 is 0 Å². The summed E-state index contributed by atoms with van der Waals surface area (Å²) in [5, 5.41) is 5.32. The molecule has 8 heteroatoms. The third-order valence-corrected chi connectivity index (χ3v) is 5.47. The zero-order valence-electron chi connectivity index (χ0n) is 14.9. The van der Waals surface area contributed by atoms with Gasteiger partial charge in [-0.15, -0.1) is 5.10 Å². The van der Waals surface area contributed by atoms with Crippen LogP contribution in [0.15, 0.2) is 53.2 Å². The number of piperazine rings is 1. The molecule has 0 radical (unpaired) electrons. The zero-order chi connectivity index (χ0) is 18.6. The van der Waals surface area contributed by atoms with Gasteiger partial charge in [0.1, 0.15) is 32.7 Å². The van der Waals surface area contributed by atoms with Gasteiger partial charge in [0.25, 0.3) is 4.84 Å². The van der Waals surface area contributed by atoms with Crippen molar-refractivity contribution in [1.29, 1.82) is 0 Å². The number of pyridine rings is 1. The molecule has 3 aromatic rings. The predicted octanol–water partition coefficient (Wildman–Crippen LogP) is 0.862. The molecule has 0 aliphatic carbocycles. The van der Waals surface area contributed by atoms with Crippen molar-refractivity contribution >= 4 is 23.8 Å². The van der Waals surface area contributed by atoms with Crippen molar-refractivity contribution < 1.29 is 14.2 Å². The molecule has 4 rings (SSSR count). The second-order valence-electron chi connectivity index (χ2n) is 6.88. The van der Waals surface area contributed by atoms with Crippen LogP contribution in [0, 0.1) is 4.84 Å². The molecule has 0 saturated carbocycles. The van der Waals surface area contributed by atoms with Crippen molar-refractivity contribution in [3.05, 3.63) is 64.2 Å². The molecule has 1 fully saturated rings. The van der Waals surface area contributed by atoms with E-state index in [4.69, 9.17) is 28.2 Å². The van der Waals surface area contributed by atoms with Crippen molar-refractivity contribution in [3.8, 4) is 11.5 Å². The van der Waals surface area contributed by atoms with Gasteiger partial charge >= 0.3 is 0 Å². The van der Waals surface area contributed by atoms with Gasteiger partial charge < -0.3 is 14.2 Å². The molecule has 0 amide bonds. The molecule has 0 bridgehead atoms. The van der Waals surface area contributed by atoms with Crippen LogP contribution in [0.25, 0.3) is 11.5 Å². The molecule has 2 aromatic heterocycles. The molecule has 140 valence electrons. The van der Waals surface area contributed by atoms with Crippen molar-refractivity contribution in [1.82, 2.24) is 14.8 Å². The van der Waals surface area contributed by atoms with Gasteiger partial charge in [-0.3, -0.25) is 4.98 Å². The number of quaternary nitrogens is 2. The number of rotatable bonds is 5. The van der Waals surface area contributed by atoms with Crippen LogP contribution >= 0.6 is 23.8 Å². The predicted molar refractivity (Wildman–Crippen MR) is 105 cm³/mol. The van der Waals surface area contributed by atoms with Crippen LogP contribution < -0.4 is 9.80 Å². The van der Waals surface area contributed by atoms with Gasteiger partial charge in [0, 0.05) is 23.0 Å². The van der Waals surface area contributed by atoms with E-state index in [1.807, 2.05) is 24.3 Å². The van der Waals surface area contributed by atoms with E-state index in [2.05, 4.69) is 22.2 Å².